The maximum absolute atomic E-state index is 3.61. The van der Waals surface area contributed by atoms with Crippen molar-refractivity contribution in [1.29, 1.82) is 0 Å². The molecule has 0 amide bonds. The Morgan fingerprint density at radius 2 is 2.17 bits per heavy atom. The summed E-state index contributed by atoms with van der Waals surface area (Å²) in [6, 6.07) is 10.3. The van der Waals surface area contributed by atoms with Gasteiger partial charge in [-0.1, -0.05) is 36.8 Å². The molecular weight excluding hydrogens is 220 g/mol. The van der Waals surface area contributed by atoms with E-state index in [0.717, 1.165) is 12.6 Å². The molecular formula is C16H26N2. The average molecular weight is 246 g/mol. The number of hydrogen-bond donors (Lipinski definition) is 1. The minimum Gasteiger partial charge on any atom is -0.310 e. The van der Waals surface area contributed by atoms with E-state index >= 15 is 0 Å². The van der Waals surface area contributed by atoms with Crippen LogP contribution in [0, 0.1) is 6.92 Å². The van der Waals surface area contributed by atoms with Crippen molar-refractivity contribution in [2.24, 2.45) is 0 Å². The van der Waals surface area contributed by atoms with Crippen molar-refractivity contribution in [3.8, 4) is 0 Å². The van der Waals surface area contributed by atoms with Crippen LogP contribution in [0.4, 0.5) is 0 Å². The molecule has 1 N–H and O–H groups in total. The Bertz CT molecular complexity index is 371. The molecule has 1 aliphatic carbocycles. The topological polar surface area (TPSA) is 15.3 Å². The second-order valence-corrected chi connectivity index (χ2v) is 5.52. The highest BCUT2D eigenvalue weighted by Gasteiger charge is 2.26. The molecule has 2 heteroatoms. The Labute approximate surface area is 111 Å². The van der Waals surface area contributed by atoms with Gasteiger partial charge < -0.3 is 10.2 Å². The number of hydrogen-bond acceptors (Lipinski definition) is 2. The van der Waals surface area contributed by atoms with E-state index in [0.29, 0.717) is 6.04 Å². The van der Waals surface area contributed by atoms with Crippen molar-refractivity contribution in [3.05, 3.63) is 35.4 Å². The molecule has 1 atom stereocenters. The van der Waals surface area contributed by atoms with Crippen LogP contribution >= 0.6 is 0 Å². The van der Waals surface area contributed by atoms with Gasteiger partial charge in [-0.05, 0) is 51.9 Å². The summed E-state index contributed by atoms with van der Waals surface area (Å²) in [5.74, 6) is 0. The van der Waals surface area contributed by atoms with Gasteiger partial charge in [-0.25, -0.2) is 0 Å². The standard InChI is InChI=1S/C16H26N2/c1-4-17-16(10-11-18(3)15-8-9-15)14-7-5-6-13(2)12-14/h5-7,12,15-17H,4,8-11H2,1-3H3. The summed E-state index contributed by atoms with van der Waals surface area (Å²) in [4.78, 5) is 2.51. The zero-order chi connectivity index (χ0) is 13.0. The number of rotatable bonds is 7. The maximum Gasteiger partial charge on any atom is 0.0332 e. The first-order valence-electron chi connectivity index (χ1n) is 7.21. The first kappa shape index (κ1) is 13.6. The third kappa shape index (κ3) is 3.82. The monoisotopic (exact) mass is 246 g/mol. The lowest BCUT2D eigenvalue weighted by atomic mass is 10.0. The first-order valence-corrected chi connectivity index (χ1v) is 7.21. The molecule has 0 bridgehead atoms. The SMILES string of the molecule is CCNC(CCN(C)C1CC1)c1cccc(C)c1. The molecule has 0 spiro atoms. The molecule has 1 fully saturated rings. The zero-order valence-corrected chi connectivity index (χ0v) is 11.9. The second-order valence-electron chi connectivity index (χ2n) is 5.52. The van der Waals surface area contributed by atoms with E-state index < -0.39 is 0 Å². The molecule has 1 unspecified atom stereocenters. The fourth-order valence-electron chi connectivity index (χ4n) is 2.55. The minimum atomic E-state index is 0.496. The van der Waals surface area contributed by atoms with Gasteiger partial charge in [0.25, 0.3) is 0 Å². The molecule has 1 aromatic carbocycles. The van der Waals surface area contributed by atoms with Crippen LogP contribution in [-0.2, 0) is 0 Å². The predicted molar refractivity (Wildman–Crippen MR) is 77.9 cm³/mol. The van der Waals surface area contributed by atoms with Gasteiger partial charge in [0.2, 0.25) is 0 Å². The van der Waals surface area contributed by atoms with Gasteiger partial charge in [-0.3, -0.25) is 0 Å². The van der Waals surface area contributed by atoms with Crippen LogP contribution in [0.2, 0.25) is 0 Å². The molecule has 2 rings (SSSR count). The maximum atomic E-state index is 3.61. The number of aryl methyl sites for hydroxylation is 1. The minimum absolute atomic E-state index is 0.496. The summed E-state index contributed by atoms with van der Waals surface area (Å²) in [6.07, 6.45) is 3.99. The van der Waals surface area contributed by atoms with Crippen LogP contribution < -0.4 is 5.32 Å². The van der Waals surface area contributed by atoms with Crippen LogP contribution in [0.3, 0.4) is 0 Å². The Balaban J connectivity index is 1.93. The molecule has 0 aromatic heterocycles. The summed E-state index contributed by atoms with van der Waals surface area (Å²) in [5, 5.41) is 3.61. The van der Waals surface area contributed by atoms with Gasteiger partial charge in [0.15, 0.2) is 0 Å². The average Bonchev–Trinajstić information content (AvgIpc) is 3.18. The third-order valence-corrected chi connectivity index (χ3v) is 3.84. The van der Waals surface area contributed by atoms with Gasteiger partial charge in [-0.15, -0.1) is 0 Å². The van der Waals surface area contributed by atoms with Gasteiger partial charge in [0.05, 0.1) is 0 Å². The number of nitrogens with one attached hydrogen (secondary N) is 1. The molecule has 18 heavy (non-hydrogen) atoms. The van der Waals surface area contributed by atoms with E-state index in [4.69, 9.17) is 0 Å². The third-order valence-electron chi connectivity index (χ3n) is 3.84. The van der Waals surface area contributed by atoms with E-state index in [-0.39, 0.29) is 0 Å². The smallest absolute Gasteiger partial charge is 0.0332 e. The van der Waals surface area contributed by atoms with Gasteiger partial charge in [0, 0.05) is 12.1 Å². The van der Waals surface area contributed by atoms with Crippen molar-refractivity contribution < 1.29 is 0 Å². The van der Waals surface area contributed by atoms with Crippen molar-refractivity contribution >= 4 is 0 Å². The molecule has 0 heterocycles. The highest BCUT2D eigenvalue weighted by atomic mass is 15.2. The van der Waals surface area contributed by atoms with Crippen LogP contribution in [0.25, 0.3) is 0 Å². The summed E-state index contributed by atoms with van der Waals surface area (Å²) in [6.45, 7) is 6.58. The van der Waals surface area contributed by atoms with Crippen molar-refractivity contribution in [1.82, 2.24) is 10.2 Å². The second kappa shape index (κ2) is 6.35. The summed E-state index contributed by atoms with van der Waals surface area (Å²) < 4.78 is 0. The molecule has 1 saturated carbocycles. The van der Waals surface area contributed by atoms with Gasteiger partial charge in [0.1, 0.15) is 0 Å². The number of nitrogens with zero attached hydrogens (tertiary/aromatic N) is 1. The molecule has 1 aliphatic rings. The van der Waals surface area contributed by atoms with Crippen LogP contribution in [-0.4, -0.2) is 31.1 Å². The van der Waals surface area contributed by atoms with E-state index in [1.54, 1.807) is 0 Å². The Kier molecular flexibility index (Phi) is 4.79. The number of benzene rings is 1. The lowest BCUT2D eigenvalue weighted by Crippen LogP contribution is -2.28. The molecule has 1 aromatic rings. The molecule has 0 saturated heterocycles. The van der Waals surface area contributed by atoms with Crippen LogP contribution in [0.15, 0.2) is 24.3 Å². The normalized spacial score (nSPS) is 17.1. The van der Waals surface area contributed by atoms with E-state index in [1.807, 2.05) is 0 Å². The molecule has 100 valence electrons. The van der Waals surface area contributed by atoms with Crippen molar-refractivity contribution in [2.45, 2.75) is 45.2 Å². The Morgan fingerprint density at radius 1 is 1.39 bits per heavy atom. The lowest BCUT2D eigenvalue weighted by Gasteiger charge is -2.23. The molecule has 2 nitrogen and oxygen atoms in total. The lowest BCUT2D eigenvalue weighted by molar-refractivity contribution is 0.299. The van der Waals surface area contributed by atoms with Gasteiger partial charge >= 0.3 is 0 Å². The highest BCUT2D eigenvalue weighted by Crippen LogP contribution is 2.26. The Hall–Kier alpha value is -0.860. The largest absolute Gasteiger partial charge is 0.310 e. The van der Waals surface area contributed by atoms with Crippen molar-refractivity contribution in [3.63, 3.8) is 0 Å². The van der Waals surface area contributed by atoms with Crippen LogP contribution in [0.5, 0.6) is 0 Å². The quantitative estimate of drug-likeness (QED) is 0.795. The van der Waals surface area contributed by atoms with Crippen molar-refractivity contribution in [2.75, 3.05) is 20.1 Å². The zero-order valence-electron chi connectivity index (χ0n) is 11.9. The first-order chi connectivity index (χ1) is 8.70. The summed E-state index contributed by atoms with van der Waals surface area (Å²) in [5.41, 5.74) is 2.78. The molecule has 0 radical (unpaired) electrons. The summed E-state index contributed by atoms with van der Waals surface area (Å²) in [7, 11) is 2.26. The Morgan fingerprint density at radius 3 is 2.78 bits per heavy atom. The fourth-order valence-corrected chi connectivity index (χ4v) is 2.55. The fraction of sp³-hybridized carbons (Fsp3) is 0.625. The van der Waals surface area contributed by atoms with E-state index in [9.17, 15) is 0 Å². The van der Waals surface area contributed by atoms with Gasteiger partial charge in [-0.2, -0.15) is 0 Å². The summed E-state index contributed by atoms with van der Waals surface area (Å²) >= 11 is 0. The van der Waals surface area contributed by atoms with Crippen LogP contribution in [0.1, 0.15) is 43.4 Å². The highest BCUT2D eigenvalue weighted by molar-refractivity contribution is 5.25. The van der Waals surface area contributed by atoms with E-state index in [1.165, 1.54) is 36.9 Å². The predicted octanol–water partition coefficient (Wildman–Crippen LogP) is 3.13. The van der Waals surface area contributed by atoms with E-state index in [2.05, 4.69) is 55.4 Å². The molecule has 0 aliphatic heterocycles.